The Hall–Kier alpha value is -1.59. The van der Waals surface area contributed by atoms with E-state index in [-0.39, 0.29) is 31.1 Å². The van der Waals surface area contributed by atoms with Gasteiger partial charge in [-0.05, 0) is 31.1 Å². The van der Waals surface area contributed by atoms with Crippen molar-refractivity contribution in [2.75, 3.05) is 13.2 Å². The normalized spacial score (nSPS) is 12.1. The number of esters is 3. The van der Waals surface area contributed by atoms with E-state index in [0.717, 1.165) is 69.6 Å². The van der Waals surface area contributed by atoms with E-state index >= 15 is 0 Å². The Kier molecular flexibility index (Phi) is 37.0. The second kappa shape index (κ2) is 38.1. The van der Waals surface area contributed by atoms with Crippen LogP contribution >= 0.6 is 0 Å². The summed E-state index contributed by atoms with van der Waals surface area (Å²) in [5, 5.41) is 0. The third kappa shape index (κ3) is 39.5. The molecule has 0 saturated heterocycles. The number of carbonyl (C=O) groups is 3. The first kappa shape index (κ1) is 49.4. The summed E-state index contributed by atoms with van der Waals surface area (Å²) in [6, 6.07) is 0. The van der Waals surface area contributed by atoms with E-state index in [2.05, 4.69) is 34.6 Å². The highest BCUT2D eigenvalue weighted by Crippen LogP contribution is 2.16. The van der Waals surface area contributed by atoms with E-state index in [1.165, 1.54) is 128 Å². The Bertz CT molecular complexity index is 779. The number of hydrogen-bond acceptors (Lipinski definition) is 6. The maximum Gasteiger partial charge on any atom is 0.306 e. The van der Waals surface area contributed by atoms with Gasteiger partial charge in [-0.25, -0.2) is 0 Å². The maximum atomic E-state index is 12.7. The van der Waals surface area contributed by atoms with Crippen LogP contribution in [0.25, 0.3) is 0 Å². The van der Waals surface area contributed by atoms with Crippen LogP contribution in [0.5, 0.6) is 0 Å². The van der Waals surface area contributed by atoms with E-state index in [1.54, 1.807) is 0 Å². The zero-order chi connectivity index (χ0) is 37.6. The van der Waals surface area contributed by atoms with Gasteiger partial charge in [-0.1, -0.05) is 202 Å². The van der Waals surface area contributed by atoms with Crippen LogP contribution in [0.4, 0.5) is 0 Å². The van der Waals surface area contributed by atoms with E-state index in [4.69, 9.17) is 14.2 Å². The molecule has 0 aliphatic heterocycles. The molecule has 302 valence electrons. The number of rotatable bonds is 39. The number of carbonyl (C=O) groups excluding carboxylic acids is 3. The number of ether oxygens (including phenoxy) is 3. The second-order valence-corrected chi connectivity index (χ2v) is 16.3. The SMILES string of the molecule is CCCCCCCCCCCCC(=O)O[C@H](COC(=O)CCCCCCCCCCCCCC(C)C)COC(=O)CCCCCCCCC(C)C. The van der Waals surface area contributed by atoms with E-state index in [9.17, 15) is 14.4 Å². The summed E-state index contributed by atoms with van der Waals surface area (Å²) >= 11 is 0. The molecule has 0 heterocycles. The monoisotopic (exact) mass is 723 g/mol. The molecular weight excluding hydrogens is 636 g/mol. The van der Waals surface area contributed by atoms with Crippen LogP contribution in [0.1, 0.15) is 240 Å². The van der Waals surface area contributed by atoms with Crippen LogP contribution in [-0.4, -0.2) is 37.2 Å². The molecule has 0 aliphatic rings. The van der Waals surface area contributed by atoms with Crippen LogP contribution in [0, 0.1) is 11.8 Å². The number of unbranched alkanes of at least 4 members (excludes halogenated alkanes) is 24. The van der Waals surface area contributed by atoms with Gasteiger partial charge in [0, 0.05) is 19.3 Å². The van der Waals surface area contributed by atoms with Crippen molar-refractivity contribution < 1.29 is 28.6 Å². The third-order valence-corrected chi connectivity index (χ3v) is 9.97. The Morgan fingerprint density at radius 3 is 0.961 bits per heavy atom. The molecule has 0 spiro atoms. The average Bonchev–Trinajstić information content (AvgIpc) is 3.09. The largest absolute Gasteiger partial charge is 0.462 e. The van der Waals surface area contributed by atoms with Gasteiger partial charge in [-0.2, -0.15) is 0 Å². The summed E-state index contributed by atoms with van der Waals surface area (Å²) in [6.45, 7) is 11.2. The van der Waals surface area contributed by atoms with Gasteiger partial charge in [0.25, 0.3) is 0 Å². The van der Waals surface area contributed by atoms with Crippen molar-refractivity contribution >= 4 is 17.9 Å². The van der Waals surface area contributed by atoms with Crippen LogP contribution in [0.2, 0.25) is 0 Å². The Labute approximate surface area is 317 Å². The minimum atomic E-state index is -0.760. The molecule has 0 rings (SSSR count). The topological polar surface area (TPSA) is 78.9 Å². The van der Waals surface area contributed by atoms with Gasteiger partial charge in [0.15, 0.2) is 6.10 Å². The average molecular weight is 723 g/mol. The highest BCUT2D eigenvalue weighted by molar-refractivity contribution is 5.71. The fourth-order valence-electron chi connectivity index (χ4n) is 6.58. The lowest BCUT2D eigenvalue weighted by Crippen LogP contribution is -2.30. The molecular formula is C45H86O6. The van der Waals surface area contributed by atoms with Crippen molar-refractivity contribution in [3.63, 3.8) is 0 Å². The molecule has 6 heteroatoms. The molecule has 0 amide bonds. The third-order valence-electron chi connectivity index (χ3n) is 9.97. The van der Waals surface area contributed by atoms with Crippen molar-refractivity contribution in [1.82, 2.24) is 0 Å². The lowest BCUT2D eigenvalue weighted by molar-refractivity contribution is -0.167. The molecule has 51 heavy (non-hydrogen) atoms. The smallest absolute Gasteiger partial charge is 0.306 e. The maximum absolute atomic E-state index is 12.7. The molecule has 0 N–H and O–H groups in total. The summed E-state index contributed by atoms with van der Waals surface area (Å²) in [5.74, 6) is 0.726. The summed E-state index contributed by atoms with van der Waals surface area (Å²) in [5.41, 5.74) is 0. The lowest BCUT2D eigenvalue weighted by Gasteiger charge is -2.18. The summed E-state index contributed by atoms with van der Waals surface area (Å²) < 4.78 is 16.7. The van der Waals surface area contributed by atoms with Gasteiger partial charge in [0.1, 0.15) is 13.2 Å². The first-order chi connectivity index (χ1) is 24.7. The molecule has 1 atom stereocenters. The van der Waals surface area contributed by atoms with Crippen LogP contribution < -0.4 is 0 Å². The zero-order valence-electron chi connectivity index (χ0n) is 34.7. The van der Waals surface area contributed by atoms with Gasteiger partial charge < -0.3 is 14.2 Å². The predicted octanol–water partition coefficient (Wildman–Crippen LogP) is 13.8. The Morgan fingerprint density at radius 2 is 0.647 bits per heavy atom. The zero-order valence-corrected chi connectivity index (χ0v) is 34.7. The highest BCUT2D eigenvalue weighted by Gasteiger charge is 2.19. The summed E-state index contributed by atoms with van der Waals surface area (Å²) in [7, 11) is 0. The van der Waals surface area contributed by atoms with Gasteiger partial charge >= 0.3 is 17.9 Å². The second-order valence-electron chi connectivity index (χ2n) is 16.3. The first-order valence-electron chi connectivity index (χ1n) is 22.2. The molecule has 0 aliphatic carbocycles. The fourth-order valence-corrected chi connectivity index (χ4v) is 6.58. The van der Waals surface area contributed by atoms with Crippen molar-refractivity contribution in [1.29, 1.82) is 0 Å². The van der Waals surface area contributed by atoms with Crippen molar-refractivity contribution in [3.05, 3.63) is 0 Å². The minimum Gasteiger partial charge on any atom is -0.462 e. The molecule has 6 nitrogen and oxygen atoms in total. The van der Waals surface area contributed by atoms with E-state index < -0.39 is 6.10 Å². The van der Waals surface area contributed by atoms with Gasteiger partial charge in [0.05, 0.1) is 0 Å². The molecule has 0 bridgehead atoms. The molecule has 0 saturated carbocycles. The number of hydrogen-bond donors (Lipinski definition) is 0. The lowest BCUT2D eigenvalue weighted by atomic mass is 10.0. The highest BCUT2D eigenvalue weighted by atomic mass is 16.6. The van der Waals surface area contributed by atoms with Gasteiger partial charge in [-0.3, -0.25) is 14.4 Å². The van der Waals surface area contributed by atoms with Crippen LogP contribution in [-0.2, 0) is 28.6 Å². The molecule has 0 aromatic rings. The Morgan fingerprint density at radius 1 is 0.373 bits per heavy atom. The molecule has 0 radical (unpaired) electrons. The van der Waals surface area contributed by atoms with Crippen LogP contribution in [0.15, 0.2) is 0 Å². The van der Waals surface area contributed by atoms with Crippen molar-refractivity contribution in [2.24, 2.45) is 11.8 Å². The van der Waals surface area contributed by atoms with Crippen molar-refractivity contribution in [2.45, 2.75) is 246 Å². The van der Waals surface area contributed by atoms with Gasteiger partial charge in [0.2, 0.25) is 0 Å². The minimum absolute atomic E-state index is 0.0657. The predicted molar refractivity (Wildman–Crippen MR) is 215 cm³/mol. The molecule has 0 fully saturated rings. The van der Waals surface area contributed by atoms with E-state index in [1.807, 2.05) is 0 Å². The fraction of sp³-hybridized carbons (Fsp3) is 0.933. The summed E-state index contributed by atoms with van der Waals surface area (Å²) in [6.07, 6.45) is 35.3. The Balaban J connectivity index is 4.30. The summed E-state index contributed by atoms with van der Waals surface area (Å²) in [4.78, 5) is 37.6. The molecule has 0 unspecified atom stereocenters. The van der Waals surface area contributed by atoms with Crippen LogP contribution in [0.3, 0.4) is 0 Å². The van der Waals surface area contributed by atoms with Gasteiger partial charge in [-0.15, -0.1) is 0 Å². The van der Waals surface area contributed by atoms with E-state index in [0.29, 0.717) is 19.3 Å². The first-order valence-corrected chi connectivity index (χ1v) is 22.2. The van der Waals surface area contributed by atoms with Crippen molar-refractivity contribution in [3.8, 4) is 0 Å². The molecule has 0 aromatic heterocycles. The standard InChI is InChI=1S/C45H86O6/c1-6-7-8-9-10-11-16-20-27-32-37-45(48)51-42(39-50-44(47)36-31-26-22-21-24-29-34-41(4)5)38-49-43(46)35-30-25-19-17-14-12-13-15-18-23-28-33-40(2)3/h40-42H,6-39H2,1-5H3/t42-/m1/s1. The molecule has 0 aromatic carbocycles. The quantitative estimate of drug-likeness (QED) is 0.0357.